The van der Waals surface area contributed by atoms with Gasteiger partial charge in [0.2, 0.25) is 5.91 Å². The molecule has 1 saturated heterocycles. The van der Waals surface area contributed by atoms with Gasteiger partial charge in [0.1, 0.15) is 17.5 Å². The minimum Gasteiger partial charge on any atom is -0.490 e. The van der Waals surface area contributed by atoms with Gasteiger partial charge in [-0.05, 0) is 24.3 Å². The van der Waals surface area contributed by atoms with E-state index < -0.39 is 17.3 Å². The number of piperidine rings is 1. The molecule has 0 spiro atoms. The van der Waals surface area contributed by atoms with Crippen LogP contribution >= 0.6 is 0 Å². The summed E-state index contributed by atoms with van der Waals surface area (Å²) in [7, 11) is 0. The molecule has 0 unspecified atom stereocenters. The number of carbonyl (C=O) groups excluding carboxylic acids is 1. The summed E-state index contributed by atoms with van der Waals surface area (Å²) in [4.78, 5) is 25.4. The second-order valence-corrected chi connectivity index (χ2v) is 6.38. The molecule has 0 radical (unpaired) electrons. The lowest BCUT2D eigenvalue weighted by Gasteiger charge is -2.32. The largest absolute Gasteiger partial charge is 0.490 e. The third kappa shape index (κ3) is 5.02. The molecule has 1 aromatic carbocycles. The molecule has 2 heterocycles. The van der Waals surface area contributed by atoms with Crippen molar-refractivity contribution in [3.63, 3.8) is 0 Å². The van der Waals surface area contributed by atoms with E-state index in [9.17, 15) is 22.8 Å². The number of benzene rings is 1. The first kappa shape index (κ1) is 19.7. The Balaban J connectivity index is 1.48. The third-order valence-electron chi connectivity index (χ3n) is 4.42. The second kappa shape index (κ2) is 8.32. The second-order valence-electron chi connectivity index (χ2n) is 6.38. The molecule has 2 aromatic rings. The van der Waals surface area contributed by atoms with Gasteiger partial charge in [0.15, 0.2) is 0 Å². The number of carbonyl (C=O) groups is 1. The van der Waals surface area contributed by atoms with Gasteiger partial charge in [-0.25, -0.2) is 5.10 Å². The van der Waals surface area contributed by atoms with Gasteiger partial charge >= 0.3 is 6.18 Å². The first-order chi connectivity index (χ1) is 13.3. The lowest BCUT2D eigenvalue weighted by molar-refractivity contribution is -0.138. The highest BCUT2D eigenvalue weighted by Gasteiger charge is 2.31. The van der Waals surface area contributed by atoms with E-state index >= 15 is 0 Å². The highest BCUT2D eigenvalue weighted by atomic mass is 19.4. The van der Waals surface area contributed by atoms with Crippen LogP contribution in [0.2, 0.25) is 0 Å². The van der Waals surface area contributed by atoms with Crippen molar-refractivity contribution in [3.8, 4) is 5.75 Å². The average molecular weight is 396 g/mol. The maximum absolute atomic E-state index is 12.8. The summed E-state index contributed by atoms with van der Waals surface area (Å²) in [5.74, 6) is -0.00749. The van der Waals surface area contributed by atoms with Crippen LogP contribution in [-0.4, -0.2) is 46.7 Å². The molecule has 10 heteroatoms. The number of nitrogens with zero attached hydrogens (tertiary/aromatic N) is 2. The Labute approximate surface area is 158 Å². The predicted octanol–water partition coefficient (Wildman–Crippen LogP) is 2.27. The van der Waals surface area contributed by atoms with Gasteiger partial charge in [0, 0.05) is 32.1 Å². The molecule has 2 N–H and O–H groups in total. The van der Waals surface area contributed by atoms with E-state index in [4.69, 9.17) is 4.74 Å². The number of H-pyrrole nitrogens is 1. The number of nitrogens with one attached hydrogen (secondary N) is 2. The summed E-state index contributed by atoms with van der Waals surface area (Å²) in [6, 6.07) is 6.25. The number of rotatable bonds is 5. The van der Waals surface area contributed by atoms with Crippen molar-refractivity contribution in [1.82, 2.24) is 15.1 Å². The van der Waals surface area contributed by atoms with E-state index in [1.165, 1.54) is 24.4 Å². The highest BCUT2D eigenvalue weighted by Crippen LogP contribution is 2.32. The Kier molecular flexibility index (Phi) is 5.86. The molecule has 7 nitrogen and oxygen atoms in total. The number of ether oxygens (including phenoxy) is 1. The van der Waals surface area contributed by atoms with E-state index in [-0.39, 0.29) is 30.0 Å². The first-order valence-corrected chi connectivity index (χ1v) is 8.72. The standard InChI is InChI=1S/C18H19F3N4O3/c19-18(20,21)12-2-1-3-14(10-12)28-13-5-8-25(9-6-13)16(26)11-22-15-4-7-23-24-17(15)27/h1-4,7,10,13H,5-6,8-9,11H2,(H,22,23)(H,24,27). The minimum atomic E-state index is -4.42. The number of aromatic amines is 1. The molecule has 0 atom stereocenters. The van der Waals surface area contributed by atoms with Crippen LogP contribution in [0.4, 0.5) is 18.9 Å². The zero-order valence-corrected chi connectivity index (χ0v) is 14.8. The Morgan fingerprint density at radius 2 is 2.04 bits per heavy atom. The molecule has 1 aliphatic heterocycles. The van der Waals surface area contributed by atoms with Crippen LogP contribution in [0.1, 0.15) is 18.4 Å². The molecule has 3 rings (SSSR count). The number of aromatic nitrogens is 2. The van der Waals surface area contributed by atoms with Crippen LogP contribution in [0.5, 0.6) is 5.75 Å². The molecule has 1 amide bonds. The van der Waals surface area contributed by atoms with Gasteiger partial charge < -0.3 is 15.0 Å². The zero-order chi connectivity index (χ0) is 20.1. The minimum absolute atomic E-state index is 0.0355. The van der Waals surface area contributed by atoms with Crippen molar-refractivity contribution in [1.29, 1.82) is 0 Å². The van der Waals surface area contributed by atoms with E-state index in [1.54, 1.807) is 4.90 Å². The monoisotopic (exact) mass is 396 g/mol. The number of amides is 1. The number of hydrogen-bond acceptors (Lipinski definition) is 5. The van der Waals surface area contributed by atoms with Crippen molar-refractivity contribution in [2.45, 2.75) is 25.1 Å². The molecule has 0 saturated carbocycles. The van der Waals surface area contributed by atoms with E-state index in [1.807, 2.05) is 0 Å². The molecule has 1 aromatic heterocycles. The van der Waals surface area contributed by atoms with Gasteiger partial charge in [-0.15, -0.1) is 0 Å². The normalized spacial score (nSPS) is 15.3. The first-order valence-electron chi connectivity index (χ1n) is 8.72. The van der Waals surface area contributed by atoms with Crippen molar-refractivity contribution < 1.29 is 22.7 Å². The smallest absolute Gasteiger partial charge is 0.416 e. The van der Waals surface area contributed by atoms with Crippen LogP contribution in [0, 0.1) is 0 Å². The van der Waals surface area contributed by atoms with Crippen LogP contribution < -0.4 is 15.6 Å². The maximum Gasteiger partial charge on any atom is 0.416 e. The molecular formula is C18H19F3N4O3. The summed E-state index contributed by atoms with van der Waals surface area (Å²) >= 11 is 0. The quantitative estimate of drug-likeness (QED) is 0.810. The van der Waals surface area contributed by atoms with Gasteiger partial charge in [-0.3, -0.25) is 9.59 Å². The van der Waals surface area contributed by atoms with Crippen molar-refractivity contribution in [2.24, 2.45) is 0 Å². The van der Waals surface area contributed by atoms with Gasteiger partial charge in [-0.1, -0.05) is 6.07 Å². The highest BCUT2D eigenvalue weighted by molar-refractivity contribution is 5.80. The van der Waals surface area contributed by atoms with Gasteiger partial charge in [-0.2, -0.15) is 18.3 Å². The van der Waals surface area contributed by atoms with E-state index in [0.29, 0.717) is 25.9 Å². The Bertz CT molecular complexity index is 877. The Morgan fingerprint density at radius 3 is 2.71 bits per heavy atom. The van der Waals surface area contributed by atoms with Gasteiger partial charge in [0.25, 0.3) is 5.56 Å². The lowest BCUT2D eigenvalue weighted by Crippen LogP contribution is -2.44. The van der Waals surface area contributed by atoms with Gasteiger partial charge in [0.05, 0.1) is 12.1 Å². The number of alkyl halides is 3. The average Bonchev–Trinajstić information content (AvgIpc) is 2.67. The molecule has 28 heavy (non-hydrogen) atoms. The molecule has 150 valence electrons. The summed E-state index contributed by atoms with van der Waals surface area (Å²) in [6.45, 7) is 0.819. The van der Waals surface area contributed by atoms with Crippen molar-refractivity contribution in [3.05, 3.63) is 52.4 Å². The summed E-state index contributed by atoms with van der Waals surface area (Å²) in [6.07, 6.45) is -2.25. The zero-order valence-electron chi connectivity index (χ0n) is 14.8. The molecule has 1 aliphatic rings. The molecular weight excluding hydrogens is 377 g/mol. The van der Waals surface area contributed by atoms with Crippen LogP contribution in [-0.2, 0) is 11.0 Å². The van der Waals surface area contributed by atoms with E-state index in [2.05, 4.69) is 15.5 Å². The summed E-state index contributed by atoms with van der Waals surface area (Å²) < 4.78 is 44.0. The van der Waals surface area contributed by atoms with Crippen LogP contribution in [0.3, 0.4) is 0 Å². The van der Waals surface area contributed by atoms with Crippen molar-refractivity contribution >= 4 is 11.6 Å². The van der Waals surface area contributed by atoms with E-state index in [0.717, 1.165) is 12.1 Å². The molecule has 0 aliphatic carbocycles. The Hall–Kier alpha value is -3.04. The third-order valence-corrected chi connectivity index (χ3v) is 4.42. The lowest BCUT2D eigenvalue weighted by atomic mass is 10.1. The fourth-order valence-corrected chi connectivity index (χ4v) is 2.93. The summed E-state index contributed by atoms with van der Waals surface area (Å²) in [5, 5.41) is 8.61. The topological polar surface area (TPSA) is 87.3 Å². The SMILES string of the molecule is O=C(CNc1ccn[nH]c1=O)N1CCC(Oc2cccc(C(F)(F)F)c2)CC1. The van der Waals surface area contributed by atoms with Crippen LogP contribution in [0.15, 0.2) is 41.3 Å². The number of halogens is 3. The van der Waals surface area contributed by atoms with Crippen LogP contribution in [0.25, 0.3) is 0 Å². The maximum atomic E-state index is 12.8. The molecule has 1 fully saturated rings. The number of likely N-dealkylation sites (tertiary alicyclic amines) is 1. The predicted molar refractivity (Wildman–Crippen MR) is 95.0 cm³/mol. The fraction of sp³-hybridized carbons (Fsp3) is 0.389. The fourth-order valence-electron chi connectivity index (χ4n) is 2.93. The number of anilines is 1. The Morgan fingerprint density at radius 1 is 1.29 bits per heavy atom. The molecule has 0 bridgehead atoms. The summed E-state index contributed by atoms with van der Waals surface area (Å²) in [5.41, 5.74) is -0.913. The van der Waals surface area contributed by atoms with Crippen molar-refractivity contribution in [2.75, 3.05) is 25.0 Å². The number of hydrogen-bond donors (Lipinski definition) is 2.